The van der Waals surface area contributed by atoms with Crippen LogP contribution in [0.4, 0.5) is 0 Å². The van der Waals surface area contributed by atoms with Crippen molar-refractivity contribution in [1.29, 1.82) is 0 Å². The molecule has 2 heteroatoms. The van der Waals surface area contributed by atoms with E-state index in [9.17, 15) is 4.79 Å². The second-order valence-electron chi connectivity index (χ2n) is 7.47. The molecule has 2 nitrogen and oxygen atoms in total. The minimum atomic E-state index is 0.159. The molecule has 0 saturated carbocycles. The number of carbonyl (C=O) groups excluding carboxylic acids is 1. The second-order valence-corrected chi connectivity index (χ2v) is 7.47. The molecule has 1 saturated heterocycles. The number of hydrogen-bond donors (Lipinski definition) is 0. The summed E-state index contributed by atoms with van der Waals surface area (Å²) in [6, 6.07) is 0. The number of fused-ring (bicyclic) bond motifs is 3. The average molecular weight is 305 g/mol. The first kappa shape index (κ1) is 13.6. The van der Waals surface area contributed by atoms with E-state index in [0.717, 1.165) is 32.4 Å². The fraction of sp³-hybridized carbons (Fsp3) is 0.476. The average Bonchev–Trinajstić information content (AvgIpc) is 2.72. The molecule has 0 aromatic carbocycles. The molecule has 0 bridgehead atoms. The molecule has 2 atom stereocenters. The van der Waals surface area contributed by atoms with Crippen LogP contribution in [0.5, 0.6) is 0 Å². The maximum atomic E-state index is 12.9. The summed E-state index contributed by atoms with van der Waals surface area (Å²) in [5, 5.41) is 0. The molecule has 0 amide bonds. The molecule has 1 fully saturated rings. The van der Waals surface area contributed by atoms with Gasteiger partial charge in [-0.05, 0) is 54.9 Å². The van der Waals surface area contributed by atoms with Crippen molar-refractivity contribution < 1.29 is 4.79 Å². The summed E-state index contributed by atoms with van der Waals surface area (Å²) in [4.78, 5) is 15.4. The van der Waals surface area contributed by atoms with E-state index in [1.165, 1.54) is 35.3 Å². The summed E-state index contributed by atoms with van der Waals surface area (Å²) in [6.07, 6.45) is 17.7. The summed E-state index contributed by atoms with van der Waals surface area (Å²) < 4.78 is 0. The second kappa shape index (κ2) is 5.09. The van der Waals surface area contributed by atoms with Gasteiger partial charge in [0.15, 0.2) is 0 Å². The van der Waals surface area contributed by atoms with Crippen molar-refractivity contribution in [2.45, 2.75) is 38.5 Å². The zero-order valence-electron chi connectivity index (χ0n) is 13.6. The standard InChI is InChI=1S/C21H23NO/c23-20-12-14-6-5-9-17-19-10-3-4-11-22(19)13-18(21(14)17)15-7-1-2-8-16(15)20/h1,3-4,7,10,16-17H,2,5-6,8-9,11-13H2. The first-order chi connectivity index (χ1) is 11.3. The predicted octanol–water partition coefficient (Wildman–Crippen LogP) is 4.09. The van der Waals surface area contributed by atoms with Crippen molar-refractivity contribution in [2.24, 2.45) is 11.8 Å². The van der Waals surface area contributed by atoms with E-state index in [4.69, 9.17) is 0 Å². The Kier molecular flexibility index (Phi) is 3.01. The van der Waals surface area contributed by atoms with Crippen molar-refractivity contribution in [3.63, 3.8) is 0 Å². The summed E-state index contributed by atoms with van der Waals surface area (Å²) in [7, 11) is 0. The van der Waals surface area contributed by atoms with Crippen LogP contribution in [0.3, 0.4) is 0 Å². The lowest BCUT2D eigenvalue weighted by Crippen LogP contribution is -2.39. The number of nitrogens with zero attached hydrogens (tertiary/aromatic N) is 1. The van der Waals surface area contributed by atoms with Crippen LogP contribution in [0.1, 0.15) is 38.5 Å². The zero-order valence-corrected chi connectivity index (χ0v) is 13.6. The SMILES string of the molecule is O=C1CC2=C3C(=C4C=CCCC14)CN1CC=CC=C1C3CCC2. The topological polar surface area (TPSA) is 20.3 Å². The number of carbonyl (C=O) groups is 1. The van der Waals surface area contributed by atoms with Gasteiger partial charge >= 0.3 is 0 Å². The van der Waals surface area contributed by atoms with Gasteiger partial charge in [-0.25, -0.2) is 0 Å². The van der Waals surface area contributed by atoms with E-state index in [-0.39, 0.29) is 5.92 Å². The van der Waals surface area contributed by atoms with Crippen LogP contribution in [0.2, 0.25) is 0 Å². The lowest BCUT2D eigenvalue weighted by Gasteiger charge is -2.44. The minimum absolute atomic E-state index is 0.159. The first-order valence-corrected chi connectivity index (χ1v) is 9.09. The molecule has 5 rings (SSSR count). The van der Waals surface area contributed by atoms with Gasteiger partial charge in [-0.3, -0.25) is 4.79 Å². The zero-order chi connectivity index (χ0) is 15.4. The van der Waals surface area contributed by atoms with Gasteiger partial charge in [0.05, 0.1) is 0 Å². The highest BCUT2D eigenvalue weighted by molar-refractivity contribution is 5.89. The molecule has 2 aliphatic heterocycles. The van der Waals surface area contributed by atoms with Crippen LogP contribution in [0.15, 0.2) is 58.4 Å². The highest BCUT2D eigenvalue weighted by Gasteiger charge is 2.41. The maximum absolute atomic E-state index is 12.9. The molecule has 2 heterocycles. The van der Waals surface area contributed by atoms with Gasteiger partial charge in [0.2, 0.25) is 0 Å². The number of piperidine rings is 1. The van der Waals surface area contributed by atoms with E-state index in [1.807, 2.05) is 0 Å². The largest absolute Gasteiger partial charge is 0.366 e. The van der Waals surface area contributed by atoms with E-state index in [1.54, 1.807) is 5.57 Å². The van der Waals surface area contributed by atoms with Crippen LogP contribution in [0, 0.1) is 11.8 Å². The number of rotatable bonds is 0. The fourth-order valence-corrected chi connectivity index (χ4v) is 5.25. The van der Waals surface area contributed by atoms with Crippen molar-refractivity contribution in [1.82, 2.24) is 4.90 Å². The monoisotopic (exact) mass is 305 g/mol. The molecule has 118 valence electrons. The van der Waals surface area contributed by atoms with Gasteiger partial charge in [-0.2, -0.15) is 0 Å². The Hall–Kier alpha value is -1.83. The van der Waals surface area contributed by atoms with Crippen molar-refractivity contribution in [3.05, 3.63) is 58.4 Å². The summed E-state index contributed by atoms with van der Waals surface area (Å²) in [6.45, 7) is 2.01. The summed E-state index contributed by atoms with van der Waals surface area (Å²) >= 11 is 0. The smallest absolute Gasteiger partial charge is 0.144 e. The summed E-state index contributed by atoms with van der Waals surface area (Å²) in [5.74, 6) is 1.16. The van der Waals surface area contributed by atoms with Gasteiger partial charge < -0.3 is 4.90 Å². The third-order valence-electron chi connectivity index (χ3n) is 6.25. The normalized spacial score (nSPS) is 32.3. The minimum Gasteiger partial charge on any atom is -0.366 e. The molecule has 3 aliphatic carbocycles. The molecule has 0 aromatic heterocycles. The highest BCUT2D eigenvalue weighted by atomic mass is 16.1. The molecular weight excluding hydrogens is 282 g/mol. The van der Waals surface area contributed by atoms with Crippen molar-refractivity contribution >= 4 is 5.78 Å². The van der Waals surface area contributed by atoms with Crippen LogP contribution in [-0.4, -0.2) is 23.8 Å². The Labute approximate surface area is 137 Å². The van der Waals surface area contributed by atoms with Gasteiger partial charge in [0, 0.05) is 37.0 Å². The maximum Gasteiger partial charge on any atom is 0.144 e. The van der Waals surface area contributed by atoms with Crippen LogP contribution >= 0.6 is 0 Å². The molecule has 5 aliphatic rings. The van der Waals surface area contributed by atoms with E-state index < -0.39 is 0 Å². The number of ketones is 1. The van der Waals surface area contributed by atoms with Crippen LogP contribution in [-0.2, 0) is 4.79 Å². The third-order valence-corrected chi connectivity index (χ3v) is 6.25. The lowest BCUT2D eigenvalue weighted by atomic mass is 9.72. The van der Waals surface area contributed by atoms with Crippen molar-refractivity contribution in [2.75, 3.05) is 13.1 Å². The molecule has 0 aromatic rings. The number of Topliss-reactive ketones (excluding diaryl/α,β-unsaturated/α-hetero) is 1. The fourth-order valence-electron chi connectivity index (χ4n) is 5.25. The molecule has 2 unspecified atom stereocenters. The third kappa shape index (κ3) is 1.97. The Bertz CT molecular complexity index is 731. The van der Waals surface area contributed by atoms with Gasteiger partial charge in [0.25, 0.3) is 0 Å². The highest BCUT2D eigenvalue weighted by Crippen LogP contribution is 2.49. The Morgan fingerprint density at radius 2 is 2.09 bits per heavy atom. The Morgan fingerprint density at radius 3 is 3.04 bits per heavy atom. The van der Waals surface area contributed by atoms with Crippen LogP contribution in [0.25, 0.3) is 0 Å². The van der Waals surface area contributed by atoms with Gasteiger partial charge in [0.1, 0.15) is 5.78 Å². The van der Waals surface area contributed by atoms with E-state index >= 15 is 0 Å². The lowest BCUT2D eigenvalue weighted by molar-refractivity contribution is -0.121. The molecule has 0 spiro atoms. The van der Waals surface area contributed by atoms with Crippen molar-refractivity contribution in [3.8, 4) is 0 Å². The molecular formula is C21H23NO. The van der Waals surface area contributed by atoms with Crippen LogP contribution < -0.4 is 0 Å². The van der Waals surface area contributed by atoms with Gasteiger partial charge in [-0.1, -0.05) is 29.9 Å². The van der Waals surface area contributed by atoms with E-state index in [0.29, 0.717) is 18.1 Å². The number of allylic oxidation sites excluding steroid dienone is 7. The molecule has 23 heavy (non-hydrogen) atoms. The number of hydrogen-bond acceptors (Lipinski definition) is 2. The quantitative estimate of drug-likeness (QED) is 0.672. The Morgan fingerprint density at radius 1 is 1.13 bits per heavy atom. The predicted molar refractivity (Wildman–Crippen MR) is 91.7 cm³/mol. The summed E-state index contributed by atoms with van der Waals surface area (Å²) in [5.41, 5.74) is 7.38. The molecule has 0 radical (unpaired) electrons. The molecule has 0 N–H and O–H groups in total. The first-order valence-electron chi connectivity index (χ1n) is 9.09. The Balaban J connectivity index is 1.74. The van der Waals surface area contributed by atoms with E-state index in [2.05, 4.69) is 35.3 Å². The van der Waals surface area contributed by atoms with Gasteiger partial charge in [-0.15, -0.1) is 0 Å².